The minimum Gasteiger partial charge on any atom is -0.456 e. The summed E-state index contributed by atoms with van der Waals surface area (Å²) in [5, 5.41) is 6.10. The van der Waals surface area contributed by atoms with Crippen LogP contribution in [-0.4, -0.2) is 9.13 Å². The largest absolute Gasteiger partial charge is 0.456 e. The van der Waals surface area contributed by atoms with Crippen LogP contribution in [0.4, 0.5) is 0 Å². The van der Waals surface area contributed by atoms with E-state index < -0.39 is 0 Å². The molecule has 0 aliphatic heterocycles. The standard InChI is InChI=1S/C54H36N2O/c1-2-10-35(11-3-1)36-18-25-41(26-19-36)55-49-15-7-4-12-43(49)46-32-39(22-29-51(46)55)40-23-30-52-47(33-40)44-13-5-8-16-50(44)56(52)42-27-20-37(21-28-42)38-24-31-54-48(34-38)45-14-6-9-17-53(45)57-54/h1-6,8-14,16-34H,7,15H2. The zero-order valence-electron chi connectivity index (χ0n) is 31.2. The second-order valence-electron chi connectivity index (χ2n) is 15.2. The van der Waals surface area contributed by atoms with Gasteiger partial charge in [0.15, 0.2) is 0 Å². The number of hydrogen-bond donors (Lipinski definition) is 0. The molecule has 3 heterocycles. The highest BCUT2D eigenvalue weighted by atomic mass is 16.3. The van der Waals surface area contributed by atoms with Crippen molar-refractivity contribution in [2.75, 3.05) is 0 Å². The third-order valence-electron chi connectivity index (χ3n) is 12.0. The molecule has 0 saturated heterocycles. The van der Waals surface area contributed by atoms with Gasteiger partial charge in [0.05, 0.1) is 16.6 Å². The Balaban J connectivity index is 0.930. The van der Waals surface area contributed by atoms with E-state index in [1.54, 1.807) is 0 Å². The Morgan fingerprint density at radius 3 is 1.68 bits per heavy atom. The Morgan fingerprint density at radius 2 is 0.895 bits per heavy atom. The number of para-hydroxylation sites is 2. The van der Waals surface area contributed by atoms with E-state index in [-0.39, 0.29) is 0 Å². The molecule has 3 heteroatoms. The monoisotopic (exact) mass is 728 g/mol. The Hall–Kier alpha value is -7.36. The summed E-state index contributed by atoms with van der Waals surface area (Å²) < 4.78 is 11.0. The van der Waals surface area contributed by atoms with E-state index in [0.29, 0.717) is 0 Å². The van der Waals surface area contributed by atoms with Crippen LogP contribution in [0.1, 0.15) is 17.7 Å². The van der Waals surface area contributed by atoms with Gasteiger partial charge < -0.3 is 13.6 Å². The van der Waals surface area contributed by atoms with Gasteiger partial charge in [-0.1, -0.05) is 121 Å². The van der Waals surface area contributed by atoms with Crippen molar-refractivity contribution in [3.05, 3.63) is 199 Å². The van der Waals surface area contributed by atoms with Gasteiger partial charge in [-0.3, -0.25) is 0 Å². The minimum absolute atomic E-state index is 0.917. The molecule has 1 aliphatic rings. The number of furan rings is 1. The summed E-state index contributed by atoms with van der Waals surface area (Å²) in [7, 11) is 0. The fraction of sp³-hybridized carbons (Fsp3) is 0.0370. The normalized spacial score (nSPS) is 12.7. The molecule has 0 radical (unpaired) electrons. The van der Waals surface area contributed by atoms with E-state index in [0.717, 1.165) is 40.5 Å². The summed E-state index contributed by atoms with van der Waals surface area (Å²) in [6.07, 6.45) is 6.74. The van der Waals surface area contributed by atoms with Crippen molar-refractivity contribution < 1.29 is 4.42 Å². The van der Waals surface area contributed by atoms with Crippen LogP contribution in [0, 0.1) is 0 Å². The topological polar surface area (TPSA) is 23.0 Å². The summed E-state index contributed by atoms with van der Waals surface area (Å²) in [4.78, 5) is 0. The van der Waals surface area contributed by atoms with Crippen LogP contribution < -0.4 is 0 Å². The number of allylic oxidation sites excluding steroid dienone is 1. The van der Waals surface area contributed by atoms with Crippen molar-refractivity contribution in [1.29, 1.82) is 0 Å². The van der Waals surface area contributed by atoms with E-state index in [1.807, 2.05) is 12.1 Å². The van der Waals surface area contributed by atoms with E-state index in [2.05, 4.69) is 191 Å². The minimum atomic E-state index is 0.917. The van der Waals surface area contributed by atoms with E-state index in [1.165, 1.54) is 83.0 Å². The summed E-state index contributed by atoms with van der Waals surface area (Å²) in [6, 6.07) is 66.2. The number of aromatic nitrogens is 2. The lowest BCUT2D eigenvalue weighted by molar-refractivity contribution is 0.669. The van der Waals surface area contributed by atoms with Gasteiger partial charge in [0.25, 0.3) is 0 Å². The van der Waals surface area contributed by atoms with Crippen LogP contribution in [-0.2, 0) is 6.42 Å². The predicted molar refractivity (Wildman–Crippen MR) is 239 cm³/mol. The number of fused-ring (bicyclic) bond motifs is 9. The highest BCUT2D eigenvalue weighted by Crippen LogP contribution is 2.40. The van der Waals surface area contributed by atoms with Crippen LogP contribution in [0.2, 0.25) is 0 Å². The van der Waals surface area contributed by atoms with Crippen LogP contribution in [0.15, 0.2) is 192 Å². The summed E-state index contributed by atoms with van der Waals surface area (Å²) >= 11 is 0. The summed E-state index contributed by atoms with van der Waals surface area (Å²) in [5.41, 5.74) is 17.8. The third kappa shape index (κ3) is 5.06. The molecule has 57 heavy (non-hydrogen) atoms. The Labute approximate surface area is 330 Å². The van der Waals surface area contributed by atoms with Crippen molar-refractivity contribution in [3.8, 4) is 44.8 Å². The van der Waals surface area contributed by atoms with Gasteiger partial charge in [-0.15, -0.1) is 0 Å². The second kappa shape index (κ2) is 12.6. The second-order valence-corrected chi connectivity index (χ2v) is 15.2. The lowest BCUT2D eigenvalue weighted by Gasteiger charge is -2.14. The zero-order chi connectivity index (χ0) is 37.5. The molecule has 0 saturated carbocycles. The van der Waals surface area contributed by atoms with Gasteiger partial charge in [0, 0.05) is 49.6 Å². The van der Waals surface area contributed by atoms with E-state index in [4.69, 9.17) is 4.42 Å². The van der Waals surface area contributed by atoms with Crippen LogP contribution in [0.3, 0.4) is 0 Å². The van der Waals surface area contributed by atoms with Gasteiger partial charge in [-0.25, -0.2) is 0 Å². The molecule has 0 atom stereocenters. The molecule has 3 aromatic heterocycles. The molecule has 0 bridgehead atoms. The van der Waals surface area contributed by atoms with Gasteiger partial charge >= 0.3 is 0 Å². The molecule has 8 aromatic carbocycles. The maximum Gasteiger partial charge on any atom is 0.135 e. The lowest BCUT2D eigenvalue weighted by Crippen LogP contribution is -2.02. The molecule has 0 amide bonds. The Kier molecular flexibility index (Phi) is 7.05. The first-order valence-electron chi connectivity index (χ1n) is 19.8. The number of rotatable bonds is 5. The Morgan fingerprint density at radius 1 is 0.368 bits per heavy atom. The molecule has 12 rings (SSSR count). The first-order chi connectivity index (χ1) is 28.2. The first kappa shape index (κ1) is 31.9. The van der Waals surface area contributed by atoms with Gasteiger partial charge in [-0.2, -0.15) is 0 Å². The highest BCUT2D eigenvalue weighted by molar-refractivity contribution is 6.11. The predicted octanol–water partition coefficient (Wildman–Crippen LogP) is 14.6. The molecule has 0 fully saturated rings. The van der Waals surface area contributed by atoms with E-state index >= 15 is 0 Å². The van der Waals surface area contributed by atoms with Crippen molar-refractivity contribution in [1.82, 2.24) is 9.13 Å². The van der Waals surface area contributed by atoms with Crippen molar-refractivity contribution in [2.24, 2.45) is 0 Å². The number of nitrogens with zero attached hydrogens (tertiary/aromatic N) is 2. The number of benzene rings is 8. The highest BCUT2D eigenvalue weighted by Gasteiger charge is 2.20. The first-order valence-corrected chi connectivity index (χ1v) is 19.8. The maximum absolute atomic E-state index is 6.10. The Bertz CT molecular complexity index is 3370. The molecule has 268 valence electrons. The van der Waals surface area contributed by atoms with Crippen molar-refractivity contribution in [3.63, 3.8) is 0 Å². The zero-order valence-corrected chi connectivity index (χ0v) is 31.2. The fourth-order valence-corrected chi connectivity index (χ4v) is 9.27. The summed E-state index contributed by atoms with van der Waals surface area (Å²) in [6.45, 7) is 0. The van der Waals surface area contributed by atoms with Gasteiger partial charge in [0.1, 0.15) is 11.2 Å². The molecule has 0 spiro atoms. The van der Waals surface area contributed by atoms with Crippen molar-refractivity contribution >= 4 is 60.7 Å². The third-order valence-corrected chi connectivity index (χ3v) is 12.0. The van der Waals surface area contributed by atoms with Crippen molar-refractivity contribution in [2.45, 2.75) is 12.8 Å². The average Bonchev–Trinajstić information content (AvgIpc) is 3.94. The number of hydrogen-bond acceptors (Lipinski definition) is 1. The molecule has 0 N–H and O–H groups in total. The quantitative estimate of drug-likeness (QED) is 0.173. The SMILES string of the molecule is C1=Cc2c(n(-c3ccc(-c4ccccc4)cc3)c3ccc(-c4ccc5c(c4)c4ccccc4n5-c4ccc(-c5ccc6oc7ccccc7c6c5)cc4)cc23)CC1. The van der Waals surface area contributed by atoms with Crippen LogP contribution in [0.25, 0.3) is 105 Å². The van der Waals surface area contributed by atoms with Gasteiger partial charge in [0.2, 0.25) is 0 Å². The lowest BCUT2D eigenvalue weighted by atomic mass is 9.98. The van der Waals surface area contributed by atoms with Gasteiger partial charge in [-0.05, 0) is 119 Å². The summed E-state index contributed by atoms with van der Waals surface area (Å²) in [5.74, 6) is 0. The molecule has 0 unspecified atom stereocenters. The van der Waals surface area contributed by atoms with Crippen LogP contribution in [0.5, 0.6) is 0 Å². The average molecular weight is 729 g/mol. The molecular weight excluding hydrogens is 693 g/mol. The maximum atomic E-state index is 6.10. The fourth-order valence-electron chi connectivity index (χ4n) is 9.27. The van der Waals surface area contributed by atoms with E-state index in [9.17, 15) is 0 Å². The molecular formula is C54H36N2O. The smallest absolute Gasteiger partial charge is 0.135 e. The molecule has 1 aliphatic carbocycles. The van der Waals surface area contributed by atoms with Crippen LogP contribution >= 0.6 is 0 Å². The molecule has 11 aromatic rings. The molecule has 3 nitrogen and oxygen atoms in total.